The highest BCUT2D eigenvalue weighted by atomic mass is 16.5. The first kappa shape index (κ1) is 17.7. The average Bonchev–Trinajstić information content (AvgIpc) is 2.62. The van der Waals surface area contributed by atoms with Crippen LogP contribution in [-0.4, -0.2) is 23.6 Å². The van der Waals surface area contributed by atoms with Crippen molar-refractivity contribution < 1.29 is 14.8 Å². The van der Waals surface area contributed by atoms with E-state index in [1.54, 1.807) is 11.6 Å². The van der Waals surface area contributed by atoms with Crippen LogP contribution >= 0.6 is 0 Å². The summed E-state index contributed by atoms with van der Waals surface area (Å²) in [4.78, 5) is 22.6. The van der Waals surface area contributed by atoms with Crippen molar-refractivity contribution in [1.29, 1.82) is 0 Å². The highest BCUT2D eigenvalue weighted by Gasteiger charge is 1.99. The predicted molar refractivity (Wildman–Crippen MR) is 94.4 cm³/mol. The van der Waals surface area contributed by atoms with Gasteiger partial charge in [0.2, 0.25) is 11.8 Å². The summed E-state index contributed by atoms with van der Waals surface area (Å²) in [6, 6.07) is 14.2. The molecule has 0 bridgehead atoms. The Morgan fingerprint density at radius 1 is 1.00 bits per heavy atom. The van der Waals surface area contributed by atoms with Crippen molar-refractivity contribution in [3.8, 4) is 0 Å². The first-order valence-electron chi connectivity index (χ1n) is 8.07. The Morgan fingerprint density at radius 2 is 1.79 bits per heavy atom. The standard InChI is InChI=1S/C19H22N2O3/c22-18(20-13-5-1-2-8-19(23)21-24)12-10-15-9-11-16-6-3-4-7-17(16)14-15/h3-4,6-7,9-12,14,24H,1-2,5,8,13H2,(H,20,22)(H,21,23)/b12-10+. The van der Waals surface area contributed by atoms with Crippen molar-refractivity contribution in [3.05, 3.63) is 54.1 Å². The third kappa shape index (κ3) is 5.85. The molecule has 3 N–H and O–H groups in total. The number of hydroxylamine groups is 1. The maximum Gasteiger partial charge on any atom is 0.243 e. The van der Waals surface area contributed by atoms with Crippen molar-refractivity contribution in [2.45, 2.75) is 25.7 Å². The van der Waals surface area contributed by atoms with Gasteiger partial charge in [0.15, 0.2) is 0 Å². The maximum absolute atomic E-state index is 11.8. The predicted octanol–water partition coefficient (Wildman–Crippen LogP) is 3.04. The molecule has 0 fully saturated rings. The van der Waals surface area contributed by atoms with Crippen LogP contribution in [0.4, 0.5) is 0 Å². The number of benzene rings is 2. The van der Waals surface area contributed by atoms with Crippen LogP contribution in [0.1, 0.15) is 31.2 Å². The van der Waals surface area contributed by atoms with Crippen molar-refractivity contribution in [1.82, 2.24) is 10.8 Å². The molecule has 0 aliphatic rings. The Kier molecular flexibility index (Phi) is 6.98. The van der Waals surface area contributed by atoms with Crippen LogP contribution in [0, 0.1) is 0 Å². The number of amides is 2. The van der Waals surface area contributed by atoms with Gasteiger partial charge in [0.1, 0.15) is 0 Å². The molecule has 0 radical (unpaired) electrons. The fraction of sp³-hybridized carbons (Fsp3) is 0.263. The van der Waals surface area contributed by atoms with E-state index in [1.165, 1.54) is 11.5 Å². The average molecular weight is 326 g/mol. The molecule has 24 heavy (non-hydrogen) atoms. The molecule has 2 aromatic carbocycles. The number of rotatable bonds is 8. The van der Waals surface area contributed by atoms with Gasteiger partial charge < -0.3 is 5.32 Å². The third-order valence-corrected chi connectivity index (χ3v) is 3.71. The number of carbonyl (C=O) groups is 2. The van der Waals surface area contributed by atoms with Gasteiger partial charge >= 0.3 is 0 Å². The summed E-state index contributed by atoms with van der Waals surface area (Å²) in [5, 5.41) is 13.5. The second-order valence-corrected chi connectivity index (χ2v) is 5.58. The zero-order valence-corrected chi connectivity index (χ0v) is 13.5. The van der Waals surface area contributed by atoms with Crippen molar-refractivity contribution in [2.75, 3.05) is 6.54 Å². The molecule has 2 amide bonds. The van der Waals surface area contributed by atoms with E-state index in [-0.39, 0.29) is 11.8 Å². The minimum absolute atomic E-state index is 0.128. The molecule has 0 saturated heterocycles. The molecule has 0 heterocycles. The van der Waals surface area contributed by atoms with Gasteiger partial charge in [-0.25, -0.2) is 5.48 Å². The summed E-state index contributed by atoms with van der Waals surface area (Å²) in [5.74, 6) is -0.506. The minimum atomic E-state index is -0.377. The summed E-state index contributed by atoms with van der Waals surface area (Å²) in [6.45, 7) is 0.571. The maximum atomic E-state index is 11.8. The van der Waals surface area contributed by atoms with E-state index in [0.717, 1.165) is 23.8 Å². The van der Waals surface area contributed by atoms with Crippen molar-refractivity contribution >= 4 is 28.7 Å². The fourth-order valence-corrected chi connectivity index (χ4v) is 2.40. The Hall–Kier alpha value is -2.66. The Balaban J connectivity index is 1.71. The lowest BCUT2D eigenvalue weighted by Gasteiger charge is -2.02. The highest BCUT2D eigenvalue weighted by Crippen LogP contribution is 2.16. The van der Waals surface area contributed by atoms with Crippen LogP contribution in [0.15, 0.2) is 48.5 Å². The van der Waals surface area contributed by atoms with E-state index in [9.17, 15) is 9.59 Å². The van der Waals surface area contributed by atoms with Gasteiger partial charge in [0, 0.05) is 19.0 Å². The SMILES string of the molecule is O=C(/C=C/c1ccc2ccccc2c1)NCCCCCC(=O)NO. The summed E-state index contributed by atoms with van der Waals surface area (Å²) >= 11 is 0. The lowest BCUT2D eigenvalue weighted by Crippen LogP contribution is -2.22. The molecule has 126 valence electrons. The largest absolute Gasteiger partial charge is 0.353 e. The monoisotopic (exact) mass is 326 g/mol. The Labute approximate surface area is 141 Å². The van der Waals surface area contributed by atoms with E-state index in [4.69, 9.17) is 5.21 Å². The lowest BCUT2D eigenvalue weighted by molar-refractivity contribution is -0.129. The third-order valence-electron chi connectivity index (χ3n) is 3.71. The second-order valence-electron chi connectivity index (χ2n) is 5.58. The van der Waals surface area contributed by atoms with Crippen LogP contribution in [-0.2, 0) is 9.59 Å². The molecule has 0 saturated carbocycles. The molecule has 0 aliphatic heterocycles. The second kappa shape index (κ2) is 9.47. The quantitative estimate of drug-likeness (QED) is 0.302. The van der Waals surface area contributed by atoms with E-state index in [2.05, 4.69) is 11.4 Å². The van der Waals surface area contributed by atoms with Gasteiger partial charge in [-0.15, -0.1) is 0 Å². The molecule has 2 rings (SSSR count). The van der Waals surface area contributed by atoms with Crippen LogP contribution in [0.25, 0.3) is 16.8 Å². The van der Waals surface area contributed by atoms with Crippen molar-refractivity contribution in [3.63, 3.8) is 0 Å². The fourth-order valence-electron chi connectivity index (χ4n) is 2.40. The van der Waals surface area contributed by atoms with Crippen LogP contribution < -0.4 is 10.8 Å². The van der Waals surface area contributed by atoms with E-state index < -0.39 is 0 Å². The number of carbonyl (C=O) groups excluding carboxylic acids is 2. The molecule has 0 unspecified atom stereocenters. The zero-order valence-electron chi connectivity index (χ0n) is 13.5. The number of unbranched alkanes of at least 4 members (excludes halogenated alkanes) is 2. The topological polar surface area (TPSA) is 78.4 Å². The first-order valence-corrected chi connectivity index (χ1v) is 8.07. The molecule has 0 aliphatic carbocycles. The molecular formula is C19H22N2O3. The van der Waals surface area contributed by atoms with Crippen LogP contribution in [0.2, 0.25) is 0 Å². The summed E-state index contributed by atoms with van der Waals surface area (Å²) in [7, 11) is 0. The smallest absolute Gasteiger partial charge is 0.243 e. The highest BCUT2D eigenvalue weighted by molar-refractivity contribution is 5.92. The van der Waals surface area contributed by atoms with E-state index >= 15 is 0 Å². The van der Waals surface area contributed by atoms with Crippen LogP contribution in [0.5, 0.6) is 0 Å². The summed E-state index contributed by atoms with van der Waals surface area (Å²) in [5.41, 5.74) is 2.58. The van der Waals surface area contributed by atoms with Crippen LogP contribution in [0.3, 0.4) is 0 Å². The zero-order chi connectivity index (χ0) is 17.2. The molecule has 0 spiro atoms. The number of hydrogen-bond donors (Lipinski definition) is 3. The van der Waals surface area contributed by atoms with Gasteiger partial charge in [-0.2, -0.15) is 0 Å². The number of nitrogens with one attached hydrogen (secondary N) is 2. The molecule has 0 aromatic heterocycles. The van der Waals surface area contributed by atoms with Gasteiger partial charge in [-0.1, -0.05) is 42.8 Å². The Bertz CT molecular complexity index is 725. The number of fused-ring (bicyclic) bond motifs is 1. The molecule has 2 aromatic rings. The Morgan fingerprint density at radius 3 is 2.58 bits per heavy atom. The molecule has 5 nitrogen and oxygen atoms in total. The van der Waals surface area contributed by atoms with Gasteiger partial charge in [0.05, 0.1) is 0 Å². The first-order chi connectivity index (χ1) is 11.7. The summed E-state index contributed by atoms with van der Waals surface area (Å²) in [6.07, 6.45) is 5.94. The van der Waals surface area contributed by atoms with Gasteiger partial charge in [-0.05, 0) is 41.3 Å². The normalized spacial score (nSPS) is 10.9. The molecule has 5 heteroatoms. The molecule has 0 atom stereocenters. The summed E-state index contributed by atoms with van der Waals surface area (Å²) < 4.78 is 0. The number of hydrogen-bond acceptors (Lipinski definition) is 3. The van der Waals surface area contributed by atoms with E-state index in [1.807, 2.05) is 36.4 Å². The van der Waals surface area contributed by atoms with Crippen molar-refractivity contribution in [2.24, 2.45) is 0 Å². The lowest BCUT2D eigenvalue weighted by atomic mass is 10.1. The van der Waals surface area contributed by atoms with Gasteiger partial charge in [-0.3, -0.25) is 14.8 Å². The van der Waals surface area contributed by atoms with E-state index in [0.29, 0.717) is 19.4 Å². The molecular weight excluding hydrogens is 304 g/mol. The minimum Gasteiger partial charge on any atom is -0.353 e. The van der Waals surface area contributed by atoms with Gasteiger partial charge in [0.25, 0.3) is 0 Å².